The average Bonchev–Trinajstić information content (AvgIpc) is 3.24. The normalized spacial score (nSPS) is 21.5. The number of hydrogen-bond donors (Lipinski definition) is 2. The van der Waals surface area contributed by atoms with Crippen molar-refractivity contribution in [2.24, 2.45) is 5.92 Å². The third-order valence-electron chi connectivity index (χ3n) is 6.68. The van der Waals surface area contributed by atoms with Crippen molar-refractivity contribution in [3.63, 3.8) is 0 Å². The fourth-order valence-electron chi connectivity index (χ4n) is 5.07. The smallest absolute Gasteiger partial charge is 0.261 e. The highest BCUT2D eigenvalue weighted by molar-refractivity contribution is 7.92. The molecule has 2 aliphatic rings. The second kappa shape index (κ2) is 7.82. The van der Waals surface area contributed by atoms with Gasteiger partial charge in [-0.15, -0.1) is 0 Å². The van der Waals surface area contributed by atoms with Crippen molar-refractivity contribution in [3.05, 3.63) is 101 Å². The Hall–Kier alpha value is -3.05. The molecule has 2 N–H and O–H groups in total. The van der Waals surface area contributed by atoms with Crippen LogP contribution in [0, 0.1) is 26.7 Å². The summed E-state index contributed by atoms with van der Waals surface area (Å²) in [7, 11) is -3.67. The summed E-state index contributed by atoms with van der Waals surface area (Å²) in [6, 6.07) is 19.7. The summed E-state index contributed by atoms with van der Waals surface area (Å²) in [5.41, 5.74) is 7.52. The minimum Gasteiger partial charge on any atom is -0.378 e. The summed E-state index contributed by atoms with van der Waals surface area (Å²) >= 11 is 0. The Bertz CT molecular complexity index is 1330. The maximum Gasteiger partial charge on any atom is 0.261 e. The maximum atomic E-state index is 13.1. The van der Waals surface area contributed by atoms with Crippen LogP contribution in [0.4, 0.5) is 11.4 Å². The number of benzene rings is 3. The highest BCUT2D eigenvalue weighted by Gasteiger charge is 2.39. The molecule has 5 heteroatoms. The number of allylic oxidation sites excluding steroid dienone is 2. The molecule has 32 heavy (non-hydrogen) atoms. The third-order valence-corrected chi connectivity index (χ3v) is 8.06. The van der Waals surface area contributed by atoms with Crippen molar-refractivity contribution in [1.82, 2.24) is 0 Å². The standard InChI is InChI=1S/C27H28N2O2S/c1-17-6-4-7-20(14-17)29-32(30,31)21-12-13-26-25(16-21)22-8-5-9-23(22)27(28-26)24-15-18(2)10-11-19(24)3/h4-8,10-16,22-23,27-29H,9H2,1-3H3/t22-,23+,27-/m0/s1. The average molecular weight is 445 g/mol. The number of aryl methyl sites for hydroxylation is 3. The molecule has 0 fully saturated rings. The number of anilines is 2. The number of hydrogen-bond acceptors (Lipinski definition) is 3. The Morgan fingerprint density at radius 3 is 2.53 bits per heavy atom. The predicted molar refractivity (Wildman–Crippen MR) is 131 cm³/mol. The maximum absolute atomic E-state index is 13.1. The molecule has 0 unspecified atom stereocenters. The zero-order valence-electron chi connectivity index (χ0n) is 18.6. The van der Waals surface area contributed by atoms with Crippen LogP contribution < -0.4 is 10.0 Å². The molecule has 1 heterocycles. The molecule has 5 rings (SSSR count). The molecular weight excluding hydrogens is 416 g/mol. The number of fused-ring (bicyclic) bond motifs is 3. The lowest BCUT2D eigenvalue weighted by Crippen LogP contribution is -2.30. The first-order valence-corrected chi connectivity index (χ1v) is 12.5. The van der Waals surface area contributed by atoms with Gasteiger partial charge in [-0.3, -0.25) is 4.72 Å². The van der Waals surface area contributed by atoms with Gasteiger partial charge in [0.05, 0.1) is 10.9 Å². The highest BCUT2D eigenvalue weighted by Crippen LogP contribution is 2.50. The van der Waals surface area contributed by atoms with Gasteiger partial charge in [-0.2, -0.15) is 0 Å². The molecule has 0 radical (unpaired) electrons. The van der Waals surface area contributed by atoms with Gasteiger partial charge in [0.15, 0.2) is 0 Å². The molecule has 1 aliphatic heterocycles. The fraction of sp³-hybridized carbons (Fsp3) is 0.259. The van der Waals surface area contributed by atoms with Gasteiger partial charge in [0.2, 0.25) is 0 Å². The largest absolute Gasteiger partial charge is 0.378 e. The van der Waals surface area contributed by atoms with Gasteiger partial charge in [0, 0.05) is 17.3 Å². The Kier molecular flexibility index (Phi) is 5.09. The lowest BCUT2D eigenvalue weighted by Gasteiger charge is -2.38. The van der Waals surface area contributed by atoms with Crippen LogP contribution >= 0.6 is 0 Å². The van der Waals surface area contributed by atoms with Crippen LogP contribution in [0.5, 0.6) is 0 Å². The Balaban J connectivity index is 1.51. The van der Waals surface area contributed by atoms with E-state index in [9.17, 15) is 8.42 Å². The van der Waals surface area contributed by atoms with E-state index in [0.29, 0.717) is 16.5 Å². The van der Waals surface area contributed by atoms with Crippen LogP contribution in [0.25, 0.3) is 0 Å². The van der Waals surface area contributed by atoms with E-state index in [0.717, 1.165) is 23.2 Å². The van der Waals surface area contributed by atoms with Gasteiger partial charge in [-0.05, 0) is 85.7 Å². The van der Waals surface area contributed by atoms with E-state index in [2.05, 4.69) is 54.2 Å². The number of sulfonamides is 1. The second-order valence-corrected chi connectivity index (χ2v) is 10.7. The van der Waals surface area contributed by atoms with Gasteiger partial charge in [0.25, 0.3) is 10.0 Å². The van der Waals surface area contributed by atoms with Crippen LogP contribution in [-0.2, 0) is 10.0 Å². The molecule has 0 saturated heterocycles. The van der Waals surface area contributed by atoms with E-state index in [1.165, 1.54) is 16.7 Å². The molecule has 3 aromatic rings. The first kappa shape index (κ1) is 20.8. The van der Waals surface area contributed by atoms with Crippen molar-refractivity contribution in [1.29, 1.82) is 0 Å². The topological polar surface area (TPSA) is 58.2 Å². The quantitative estimate of drug-likeness (QED) is 0.468. The molecule has 4 nitrogen and oxygen atoms in total. The monoisotopic (exact) mass is 444 g/mol. The minimum atomic E-state index is -3.67. The molecular formula is C27H28N2O2S. The van der Waals surface area contributed by atoms with Gasteiger partial charge >= 0.3 is 0 Å². The minimum absolute atomic E-state index is 0.199. The number of rotatable bonds is 4. The van der Waals surface area contributed by atoms with E-state index in [4.69, 9.17) is 0 Å². The first-order valence-electron chi connectivity index (χ1n) is 11.1. The van der Waals surface area contributed by atoms with Gasteiger partial charge in [-0.1, -0.05) is 48.0 Å². The second-order valence-electron chi connectivity index (χ2n) is 9.06. The molecule has 0 amide bonds. The summed E-state index contributed by atoms with van der Waals surface area (Å²) in [6.45, 7) is 6.24. The third kappa shape index (κ3) is 3.71. The zero-order valence-corrected chi connectivity index (χ0v) is 19.4. The SMILES string of the molecule is Cc1cccc(NS(=O)(=O)c2ccc3c(c2)[C@H]2C=CC[C@H]2[C@@H](c2cc(C)ccc2C)N3)c1. The van der Waals surface area contributed by atoms with Gasteiger partial charge < -0.3 is 5.32 Å². The van der Waals surface area contributed by atoms with Crippen molar-refractivity contribution < 1.29 is 8.42 Å². The van der Waals surface area contributed by atoms with Crippen molar-refractivity contribution in [2.75, 3.05) is 10.0 Å². The molecule has 0 bridgehead atoms. The molecule has 0 saturated carbocycles. The van der Waals surface area contributed by atoms with Crippen LogP contribution in [0.1, 0.15) is 46.2 Å². The summed E-state index contributed by atoms with van der Waals surface area (Å²) in [5, 5.41) is 3.73. The Morgan fingerprint density at radius 2 is 1.72 bits per heavy atom. The van der Waals surface area contributed by atoms with E-state index < -0.39 is 10.0 Å². The summed E-state index contributed by atoms with van der Waals surface area (Å²) in [5.74, 6) is 0.566. The van der Waals surface area contributed by atoms with Crippen LogP contribution in [0.2, 0.25) is 0 Å². The van der Waals surface area contributed by atoms with Crippen molar-refractivity contribution >= 4 is 21.4 Å². The molecule has 0 spiro atoms. The summed E-state index contributed by atoms with van der Waals surface area (Å²) in [4.78, 5) is 0.295. The Morgan fingerprint density at radius 1 is 0.906 bits per heavy atom. The van der Waals surface area contributed by atoms with E-state index >= 15 is 0 Å². The van der Waals surface area contributed by atoms with E-state index in [1.807, 2.05) is 37.3 Å². The lowest BCUT2D eigenvalue weighted by atomic mass is 9.76. The fourth-order valence-corrected chi connectivity index (χ4v) is 6.15. The van der Waals surface area contributed by atoms with E-state index in [-0.39, 0.29) is 12.0 Å². The van der Waals surface area contributed by atoms with Crippen molar-refractivity contribution in [2.45, 2.75) is 44.0 Å². The van der Waals surface area contributed by atoms with E-state index in [1.54, 1.807) is 12.1 Å². The predicted octanol–water partition coefficient (Wildman–Crippen LogP) is 6.24. The lowest BCUT2D eigenvalue weighted by molar-refractivity contribution is 0.424. The zero-order chi connectivity index (χ0) is 22.5. The first-order chi connectivity index (χ1) is 15.3. The summed E-state index contributed by atoms with van der Waals surface area (Å²) < 4.78 is 28.9. The van der Waals surface area contributed by atoms with Crippen LogP contribution in [0.3, 0.4) is 0 Å². The van der Waals surface area contributed by atoms with Crippen molar-refractivity contribution in [3.8, 4) is 0 Å². The molecule has 3 atom stereocenters. The van der Waals surface area contributed by atoms with Crippen LogP contribution in [0.15, 0.2) is 77.7 Å². The highest BCUT2D eigenvalue weighted by atomic mass is 32.2. The van der Waals surface area contributed by atoms with Gasteiger partial charge in [-0.25, -0.2) is 8.42 Å². The number of nitrogens with one attached hydrogen (secondary N) is 2. The molecule has 164 valence electrons. The molecule has 3 aromatic carbocycles. The van der Waals surface area contributed by atoms with Gasteiger partial charge in [0.1, 0.15) is 0 Å². The molecule has 0 aromatic heterocycles. The molecule has 1 aliphatic carbocycles. The summed E-state index contributed by atoms with van der Waals surface area (Å²) in [6.07, 6.45) is 5.46. The Labute approximate surface area is 190 Å². The van der Waals surface area contributed by atoms with Crippen LogP contribution in [-0.4, -0.2) is 8.42 Å².